The largest absolute Gasteiger partial charge is 0.345 e. The number of pyridine rings is 1. The van der Waals surface area contributed by atoms with Gasteiger partial charge in [-0.2, -0.15) is 0 Å². The van der Waals surface area contributed by atoms with Crippen molar-refractivity contribution in [3.63, 3.8) is 0 Å². The minimum absolute atomic E-state index is 0.0735. The summed E-state index contributed by atoms with van der Waals surface area (Å²) >= 11 is 3.45. The molecule has 2 aliphatic rings. The first-order valence-electron chi connectivity index (χ1n) is 10.2. The number of benzene rings is 1. The second-order valence-corrected chi connectivity index (χ2v) is 9.06. The lowest BCUT2D eigenvalue weighted by atomic mass is 9.77. The monoisotopic (exact) mass is 468 g/mol. The first kappa shape index (κ1) is 19.2. The van der Waals surface area contributed by atoms with E-state index in [0.717, 1.165) is 35.7 Å². The summed E-state index contributed by atoms with van der Waals surface area (Å²) in [5.41, 5.74) is 0.754. The number of rotatable bonds is 5. The molecule has 5 rings (SSSR count). The molecule has 2 fully saturated rings. The molecule has 0 saturated heterocycles. The summed E-state index contributed by atoms with van der Waals surface area (Å²) in [6.45, 7) is 0. The molecular weight excluding hydrogens is 448 g/mol. The summed E-state index contributed by atoms with van der Waals surface area (Å²) in [5, 5.41) is 3.40. The van der Waals surface area contributed by atoms with Crippen molar-refractivity contribution in [3.8, 4) is 0 Å². The van der Waals surface area contributed by atoms with Gasteiger partial charge in [-0.15, -0.1) is 0 Å². The first-order valence-corrected chi connectivity index (χ1v) is 11.0. The molecule has 2 aliphatic carbocycles. The van der Waals surface area contributed by atoms with Gasteiger partial charge in [0.1, 0.15) is 5.65 Å². The summed E-state index contributed by atoms with van der Waals surface area (Å²) in [6, 6.07) is 9.51. The highest BCUT2D eigenvalue weighted by Gasteiger charge is 2.31. The molecule has 1 atom stereocenters. The van der Waals surface area contributed by atoms with Crippen molar-refractivity contribution in [3.05, 3.63) is 73.0 Å². The van der Waals surface area contributed by atoms with Crippen molar-refractivity contribution in [2.24, 2.45) is 5.92 Å². The molecule has 8 heteroatoms. The number of halogens is 1. The number of H-pyrrole nitrogens is 1. The quantitative estimate of drug-likeness (QED) is 0.598. The van der Waals surface area contributed by atoms with Crippen molar-refractivity contribution in [2.45, 2.75) is 44.2 Å². The van der Waals surface area contributed by atoms with Crippen LogP contribution in [0.5, 0.6) is 0 Å². The van der Waals surface area contributed by atoms with Gasteiger partial charge in [-0.05, 0) is 55.4 Å². The number of fused-ring (bicyclic) bond motifs is 1. The molecule has 154 valence electrons. The Morgan fingerprint density at radius 2 is 1.90 bits per heavy atom. The predicted molar refractivity (Wildman–Crippen MR) is 117 cm³/mol. The van der Waals surface area contributed by atoms with E-state index in [2.05, 4.69) is 31.2 Å². The number of amides is 1. The van der Waals surface area contributed by atoms with E-state index in [1.165, 1.54) is 23.3 Å². The minimum Gasteiger partial charge on any atom is -0.345 e. The van der Waals surface area contributed by atoms with Crippen molar-refractivity contribution in [2.75, 3.05) is 0 Å². The molecule has 30 heavy (non-hydrogen) atoms. The summed E-state index contributed by atoms with van der Waals surface area (Å²) < 4.78 is 2.52. The summed E-state index contributed by atoms with van der Waals surface area (Å²) in [4.78, 5) is 44.3. The third-order valence-electron chi connectivity index (χ3n) is 6.09. The molecule has 7 nitrogen and oxygen atoms in total. The summed E-state index contributed by atoms with van der Waals surface area (Å²) in [7, 11) is 0. The van der Waals surface area contributed by atoms with E-state index >= 15 is 0 Å². The Labute approximate surface area is 180 Å². The van der Waals surface area contributed by atoms with Crippen molar-refractivity contribution in [1.29, 1.82) is 0 Å². The Balaban J connectivity index is 1.48. The third kappa shape index (κ3) is 3.49. The van der Waals surface area contributed by atoms with Gasteiger partial charge in [0.25, 0.3) is 11.5 Å². The van der Waals surface area contributed by atoms with Crippen LogP contribution < -0.4 is 16.6 Å². The van der Waals surface area contributed by atoms with E-state index in [1.54, 1.807) is 0 Å². The number of hydrogen-bond donors (Lipinski definition) is 2. The lowest BCUT2D eigenvalue weighted by molar-refractivity contribution is 0.0900. The van der Waals surface area contributed by atoms with Crippen LogP contribution in [-0.2, 0) is 0 Å². The van der Waals surface area contributed by atoms with Crippen LogP contribution in [0.25, 0.3) is 11.0 Å². The molecular formula is C22H21BrN4O3. The van der Waals surface area contributed by atoms with Crippen molar-refractivity contribution in [1.82, 2.24) is 19.9 Å². The second-order valence-electron chi connectivity index (χ2n) is 8.15. The number of carbonyl (C=O) groups excluding carboxylic acids is 1. The van der Waals surface area contributed by atoms with E-state index < -0.39 is 11.2 Å². The van der Waals surface area contributed by atoms with Crippen molar-refractivity contribution < 1.29 is 4.79 Å². The van der Waals surface area contributed by atoms with Gasteiger partial charge < -0.3 is 5.32 Å². The molecule has 3 aromatic rings. The van der Waals surface area contributed by atoms with Gasteiger partial charge in [0.2, 0.25) is 0 Å². The van der Waals surface area contributed by atoms with Gasteiger partial charge in [-0.25, -0.2) is 9.78 Å². The highest BCUT2D eigenvalue weighted by Crippen LogP contribution is 2.38. The van der Waals surface area contributed by atoms with Crippen LogP contribution >= 0.6 is 15.9 Å². The average molecular weight is 469 g/mol. The summed E-state index contributed by atoms with van der Waals surface area (Å²) in [6.07, 6.45) is 6.55. The minimum atomic E-state index is -0.516. The van der Waals surface area contributed by atoms with Crippen LogP contribution in [0.2, 0.25) is 0 Å². The van der Waals surface area contributed by atoms with Crippen LogP contribution in [0, 0.1) is 5.92 Å². The van der Waals surface area contributed by atoms with Crippen LogP contribution in [-0.4, -0.2) is 20.4 Å². The zero-order valence-corrected chi connectivity index (χ0v) is 17.8. The highest BCUT2D eigenvalue weighted by molar-refractivity contribution is 9.10. The van der Waals surface area contributed by atoms with Crippen LogP contribution in [0.1, 0.15) is 60.1 Å². The molecule has 1 aromatic carbocycles. The standard InChI is InChI=1S/C22H21BrN4O3/c23-15-6-4-13(5-7-15)18(12-2-1-3-12)25-20(28)14-10-17-19(24-11-14)27(16-8-9-16)22(30)26-21(17)29/h4-7,10-12,16,18H,1-3,8-9H2,(H,25,28)(H,26,29,30). The van der Waals surface area contributed by atoms with E-state index in [9.17, 15) is 14.4 Å². The van der Waals surface area contributed by atoms with E-state index in [4.69, 9.17) is 0 Å². The fraction of sp³-hybridized carbons (Fsp3) is 0.364. The molecule has 2 aromatic heterocycles. The topological polar surface area (TPSA) is 96.8 Å². The Bertz CT molecular complexity index is 1240. The molecule has 0 radical (unpaired) electrons. The third-order valence-corrected chi connectivity index (χ3v) is 6.62. The molecule has 2 saturated carbocycles. The van der Waals surface area contributed by atoms with Gasteiger partial charge >= 0.3 is 5.69 Å². The maximum atomic E-state index is 13.1. The number of aromatic amines is 1. The SMILES string of the molecule is O=C(NC(c1ccc(Br)cc1)C1CCC1)c1cnc2c(c1)c(=O)[nH]c(=O)n2C1CC1. The zero-order valence-electron chi connectivity index (χ0n) is 16.2. The smallest absolute Gasteiger partial charge is 0.330 e. The second kappa shape index (κ2) is 7.50. The zero-order chi connectivity index (χ0) is 20.8. The van der Waals surface area contributed by atoms with Crippen LogP contribution in [0.15, 0.2) is 50.6 Å². The number of hydrogen-bond acceptors (Lipinski definition) is 4. The van der Waals surface area contributed by atoms with Gasteiger partial charge in [0, 0.05) is 16.7 Å². The van der Waals surface area contributed by atoms with Crippen LogP contribution in [0.3, 0.4) is 0 Å². The molecule has 0 bridgehead atoms. The van der Waals surface area contributed by atoms with Gasteiger partial charge in [0.15, 0.2) is 0 Å². The highest BCUT2D eigenvalue weighted by atomic mass is 79.9. The molecule has 1 unspecified atom stereocenters. The van der Waals surface area contributed by atoms with E-state index in [0.29, 0.717) is 17.1 Å². The van der Waals surface area contributed by atoms with Gasteiger partial charge in [0.05, 0.1) is 17.0 Å². The Hall–Kier alpha value is -2.74. The Morgan fingerprint density at radius 3 is 2.53 bits per heavy atom. The normalized spacial score (nSPS) is 17.5. The Kier molecular flexibility index (Phi) is 4.81. The maximum absolute atomic E-state index is 13.1. The molecule has 2 heterocycles. The maximum Gasteiger partial charge on any atom is 0.330 e. The molecule has 2 N–H and O–H groups in total. The van der Waals surface area contributed by atoms with Gasteiger partial charge in [-0.3, -0.25) is 19.1 Å². The Morgan fingerprint density at radius 1 is 1.17 bits per heavy atom. The van der Waals surface area contributed by atoms with E-state index in [1.807, 2.05) is 24.3 Å². The molecule has 0 spiro atoms. The molecule has 0 aliphatic heterocycles. The fourth-order valence-corrected chi connectivity index (χ4v) is 4.34. The predicted octanol–water partition coefficient (Wildman–Crippen LogP) is 3.45. The van der Waals surface area contributed by atoms with E-state index in [-0.39, 0.29) is 23.4 Å². The number of aromatic nitrogens is 3. The lowest BCUT2D eigenvalue weighted by Gasteiger charge is -2.34. The first-order chi connectivity index (χ1) is 14.5. The number of nitrogens with zero attached hydrogens (tertiary/aromatic N) is 2. The summed E-state index contributed by atoms with van der Waals surface area (Å²) in [5.74, 6) is 0.125. The van der Waals surface area contributed by atoms with Crippen LogP contribution in [0.4, 0.5) is 0 Å². The fourth-order valence-electron chi connectivity index (χ4n) is 4.07. The molecule has 1 amide bonds. The van der Waals surface area contributed by atoms with Gasteiger partial charge in [-0.1, -0.05) is 34.5 Å². The van der Waals surface area contributed by atoms with Crippen molar-refractivity contribution >= 4 is 32.9 Å². The number of carbonyl (C=O) groups is 1. The average Bonchev–Trinajstić information content (AvgIpc) is 3.51. The number of nitrogens with one attached hydrogen (secondary N) is 2. The lowest BCUT2D eigenvalue weighted by Crippen LogP contribution is -2.36.